The molecule has 2 amide bonds. The minimum absolute atomic E-state index is 0.0417. The topological polar surface area (TPSA) is 58.6 Å². The summed E-state index contributed by atoms with van der Waals surface area (Å²) in [5, 5.41) is 2.84. The highest BCUT2D eigenvalue weighted by molar-refractivity contribution is 7.98. The van der Waals surface area contributed by atoms with Crippen molar-refractivity contribution >= 4 is 29.3 Å². The van der Waals surface area contributed by atoms with Gasteiger partial charge in [0.15, 0.2) is 11.6 Å². The molecule has 0 bridgehead atoms. The van der Waals surface area contributed by atoms with Crippen LogP contribution in [-0.2, 0) is 9.59 Å². The average molecular weight is 402 g/mol. The smallest absolute Gasteiger partial charge is 0.227 e. The first kappa shape index (κ1) is 20.2. The van der Waals surface area contributed by atoms with Gasteiger partial charge in [-0.1, -0.05) is 12.1 Å². The Balaban J connectivity index is 1.42. The Morgan fingerprint density at radius 3 is 2.71 bits per heavy atom. The summed E-state index contributed by atoms with van der Waals surface area (Å²) in [6, 6.07) is 14.0. The van der Waals surface area contributed by atoms with E-state index >= 15 is 0 Å². The Hall–Kier alpha value is -2.54. The van der Waals surface area contributed by atoms with Gasteiger partial charge in [0.05, 0.1) is 12.5 Å². The number of ether oxygens (including phenoxy) is 1. The van der Waals surface area contributed by atoms with E-state index in [4.69, 9.17) is 4.74 Å². The lowest BCUT2D eigenvalue weighted by atomic mass is 10.1. The maximum absolute atomic E-state index is 13.5. The number of benzene rings is 2. The van der Waals surface area contributed by atoms with E-state index in [9.17, 15) is 14.0 Å². The van der Waals surface area contributed by atoms with Crippen LogP contribution < -0.4 is 15.0 Å². The molecule has 7 heteroatoms. The molecule has 148 valence electrons. The van der Waals surface area contributed by atoms with Crippen molar-refractivity contribution in [2.75, 3.05) is 30.9 Å². The summed E-state index contributed by atoms with van der Waals surface area (Å²) in [6.07, 6.45) is 2.76. The molecule has 1 fully saturated rings. The van der Waals surface area contributed by atoms with Crippen molar-refractivity contribution in [1.82, 2.24) is 5.32 Å². The van der Waals surface area contributed by atoms with Gasteiger partial charge >= 0.3 is 0 Å². The van der Waals surface area contributed by atoms with Gasteiger partial charge in [0, 0.05) is 30.1 Å². The van der Waals surface area contributed by atoms with E-state index in [-0.39, 0.29) is 29.9 Å². The first-order chi connectivity index (χ1) is 13.6. The second-order valence-electron chi connectivity index (χ2n) is 6.53. The average Bonchev–Trinajstić information content (AvgIpc) is 3.11. The van der Waals surface area contributed by atoms with Gasteiger partial charge in [-0.25, -0.2) is 4.39 Å². The van der Waals surface area contributed by atoms with Gasteiger partial charge in [0.2, 0.25) is 11.8 Å². The molecule has 5 nitrogen and oxygen atoms in total. The second kappa shape index (κ2) is 9.59. The predicted octanol–water partition coefficient (Wildman–Crippen LogP) is 3.49. The lowest BCUT2D eigenvalue weighted by molar-refractivity contribution is -0.126. The Kier molecular flexibility index (Phi) is 6.92. The van der Waals surface area contributed by atoms with Gasteiger partial charge in [-0.3, -0.25) is 9.59 Å². The fraction of sp³-hybridized carbons (Fsp3) is 0.333. The fourth-order valence-corrected chi connectivity index (χ4v) is 3.48. The van der Waals surface area contributed by atoms with Gasteiger partial charge in [-0.2, -0.15) is 0 Å². The third-order valence-electron chi connectivity index (χ3n) is 4.59. The Labute approximate surface area is 168 Å². The van der Waals surface area contributed by atoms with Crippen molar-refractivity contribution in [1.29, 1.82) is 0 Å². The second-order valence-corrected chi connectivity index (χ2v) is 7.41. The molecular weight excluding hydrogens is 379 g/mol. The number of carbonyl (C=O) groups excluding carboxylic acids is 2. The van der Waals surface area contributed by atoms with Crippen LogP contribution in [0.15, 0.2) is 53.4 Å². The number of amides is 2. The summed E-state index contributed by atoms with van der Waals surface area (Å²) in [6.45, 7) is 1.11. The van der Waals surface area contributed by atoms with Crippen LogP contribution in [0.25, 0.3) is 0 Å². The maximum Gasteiger partial charge on any atom is 0.227 e. The summed E-state index contributed by atoms with van der Waals surface area (Å²) >= 11 is 1.64. The summed E-state index contributed by atoms with van der Waals surface area (Å²) in [5.74, 6) is -0.734. The standard InChI is InChI=1S/C21H23FN2O3S/c1-28-17-9-7-16(8-10-17)24-14-15(13-20(24)25)21(26)23-11-4-12-27-19-6-3-2-5-18(19)22/h2-3,5-10,15H,4,11-14H2,1H3,(H,23,26). The third kappa shape index (κ3) is 5.04. The number of nitrogens with zero attached hydrogens (tertiary/aromatic N) is 1. The van der Waals surface area contributed by atoms with Crippen LogP contribution in [0.1, 0.15) is 12.8 Å². The molecule has 1 unspecified atom stereocenters. The van der Waals surface area contributed by atoms with Gasteiger partial charge < -0.3 is 15.0 Å². The highest BCUT2D eigenvalue weighted by atomic mass is 32.2. The van der Waals surface area contributed by atoms with E-state index in [2.05, 4.69) is 5.32 Å². The van der Waals surface area contributed by atoms with Crippen molar-refractivity contribution < 1.29 is 18.7 Å². The molecule has 2 aromatic rings. The third-order valence-corrected chi connectivity index (χ3v) is 5.34. The summed E-state index contributed by atoms with van der Waals surface area (Å²) < 4.78 is 18.8. The number of anilines is 1. The highest BCUT2D eigenvalue weighted by Gasteiger charge is 2.34. The van der Waals surface area contributed by atoms with Gasteiger partial charge in [-0.15, -0.1) is 11.8 Å². The molecule has 1 saturated heterocycles. The number of halogens is 1. The molecule has 0 aromatic heterocycles. The van der Waals surface area contributed by atoms with Crippen molar-refractivity contribution in [3.8, 4) is 5.75 Å². The maximum atomic E-state index is 13.5. The number of hydrogen-bond acceptors (Lipinski definition) is 4. The molecule has 2 aromatic carbocycles. The quantitative estimate of drug-likeness (QED) is 0.543. The predicted molar refractivity (Wildman–Crippen MR) is 108 cm³/mol. The first-order valence-corrected chi connectivity index (χ1v) is 10.4. The Morgan fingerprint density at radius 1 is 1.25 bits per heavy atom. The molecule has 0 aliphatic carbocycles. The van der Waals surface area contributed by atoms with E-state index in [0.717, 1.165) is 10.6 Å². The van der Waals surface area contributed by atoms with Crippen LogP contribution >= 0.6 is 11.8 Å². The lowest BCUT2D eigenvalue weighted by Gasteiger charge is -2.17. The number of thioether (sulfide) groups is 1. The van der Waals surface area contributed by atoms with Crippen LogP contribution in [0.2, 0.25) is 0 Å². The highest BCUT2D eigenvalue weighted by Crippen LogP contribution is 2.27. The van der Waals surface area contributed by atoms with Gasteiger partial charge in [0.1, 0.15) is 0 Å². The van der Waals surface area contributed by atoms with E-state index in [1.54, 1.807) is 34.9 Å². The van der Waals surface area contributed by atoms with Crippen LogP contribution in [0.3, 0.4) is 0 Å². The molecular formula is C21H23FN2O3S. The number of nitrogens with one attached hydrogen (secondary N) is 1. The molecule has 0 radical (unpaired) electrons. The van der Waals surface area contributed by atoms with E-state index in [1.165, 1.54) is 6.07 Å². The fourth-order valence-electron chi connectivity index (χ4n) is 3.07. The molecule has 0 spiro atoms. The zero-order valence-corrected chi connectivity index (χ0v) is 16.5. The van der Waals surface area contributed by atoms with E-state index in [1.807, 2.05) is 30.5 Å². The van der Waals surface area contributed by atoms with Gasteiger partial charge in [0.25, 0.3) is 0 Å². The molecule has 1 N–H and O–H groups in total. The van der Waals surface area contributed by atoms with Crippen LogP contribution in [0, 0.1) is 11.7 Å². The van der Waals surface area contributed by atoms with Gasteiger partial charge in [-0.05, 0) is 49.1 Å². The molecule has 3 rings (SSSR count). The van der Waals surface area contributed by atoms with Crippen molar-refractivity contribution in [3.63, 3.8) is 0 Å². The Bertz CT molecular complexity index is 829. The molecule has 0 saturated carbocycles. The van der Waals surface area contributed by atoms with Crippen molar-refractivity contribution in [2.24, 2.45) is 5.92 Å². The minimum atomic E-state index is -0.401. The number of para-hydroxylation sites is 1. The van der Waals surface area contributed by atoms with E-state index in [0.29, 0.717) is 26.1 Å². The zero-order chi connectivity index (χ0) is 19.9. The normalized spacial score (nSPS) is 16.3. The molecule has 28 heavy (non-hydrogen) atoms. The monoisotopic (exact) mass is 402 g/mol. The molecule has 1 atom stereocenters. The largest absolute Gasteiger partial charge is 0.490 e. The summed E-state index contributed by atoms with van der Waals surface area (Å²) in [7, 11) is 0. The van der Waals surface area contributed by atoms with Crippen molar-refractivity contribution in [3.05, 3.63) is 54.3 Å². The summed E-state index contributed by atoms with van der Waals surface area (Å²) in [5.41, 5.74) is 0.816. The summed E-state index contributed by atoms with van der Waals surface area (Å²) in [4.78, 5) is 27.4. The molecule has 1 heterocycles. The zero-order valence-electron chi connectivity index (χ0n) is 15.7. The van der Waals surface area contributed by atoms with Crippen LogP contribution in [-0.4, -0.2) is 37.8 Å². The van der Waals surface area contributed by atoms with Crippen molar-refractivity contribution in [2.45, 2.75) is 17.7 Å². The lowest BCUT2D eigenvalue weighted by Crippen LogP contribution is -2.34. The number of rotatable bonds is 8. The van der Waals surface area contributed by atoms with Crippen LogP contribution in [0.4, 0.5) is 10.1 Å². The molecule has 1 aliphatic rings. The molecule has 1 aliphatic heterocycles. The SMILES string of the molecule is CSc1ccc(N2CC(C(=O)NCCCOc3ccccc3F)CC2=O)cc1. The number of carbonyl (C=O) groups is 2. The van der Waals surface area contributed by atoms with E-state index < -0.39 is 5.82 Å². The number of hydrogen-bond donors (Lipinski definition) is 1. The minimum Gasteiger partial charge on any atom is -0.490 e. The Morgan fingerprint density at radius 2 is 2.00 bits per heavy atom. The van der Waals surface area contributed by atoms with Crippen LogP contribution in [0.5, 0.6) is 5.75 Å². The first-order valence-electron chi connectivity index (χ1n) is 9.18.